The fourth-order valence-corrected chi connectivity index (χ4v) is 1.49. The third-order valence-corrected chi connectivity index (χ3v) is 2.21. The summed E-state index contributed by atoms with van der Waals surface area (Å²) in [6.45, 7) is 0. The number of hydrogen-bond acceptors (Lipinski definition) is 4. The van der Waals surface area contributed by atoms with Crippen LogP contribution in [0.4, 0.5) is 0 Å². The average Bonchev–Trinajstić information content (AvgIpc) is 2.68. The number of rotatable bonds is 3. The van der Waals surface area contributed by atoms with E-state index in [1.54, 1.807) is 17.1 Å². The normalized spacial score (nSPS) is 12.7. The van der Waals surface area contributed by atoms with Crippen LogP contribution < -0.4 is 11.3 Å². The van der Waals surface area contributed by atoms with Crippen molar-refractivity contribution in [2.45, 2.75) is 6.04 Å². The fraction of sp³-hybridized carbons (Fsp3) is 0.200. The summed E-state index contributed by atoms with van der Waals surface area (Å²) >= 11 is 0. The molecule has 2 aromatic rings. The molecule has 1 atom stereocenters. The molecule has 5 nitrogen and oxygen atoms in total. The van der Waals surface area contributed by atoms with Gasteiger partial charge in [-0.25, -0.2) is 5.43 Å². The summed E-state index contributed by atoms with van der Waals surface area (Å²) in [6.07, 6.45) is 5.39. The molecule has 78 valence electrons. The van der Waals surface area contributed by atoms with Gasteiger partial charge >= 0.3 is 0 Å². The van der Waals surface area contributed by atoms with Crippen molar-refractivity contribution in [3.8, 4) is 0 Å². The minimum absolute atomic E-state index is 0.111. The first-order valence-electron chi connectivity index (χ1n) is 4.67. The molecule has 0 radical (unpaired) electrons. The molecule has 5 heteroatoms. The van der Waals surface area contributed by atoms with E-state index in [9.17, 15) is 0 Å². The Labute approximate surface area is 87.9 Å². The van der Waals surface area contributed by atoms with E-state index in [4.69, 9.17) is 5.84 Å². The molecule has 2 rings (SSSR count). The molecule has 2 heterocycles. The molecule has 0 aliphatic rings. The summed E-state index contributed by atoms with van der Waals surface area (Å²) in [7, 11) is 1.88. The molecule has 3 N–H and O–H groups in total. The van der Waals surface area contributed by atoms with Gasteiger partial charge in [0.25, 0.3) is 0 Å². The predicted octanol–water partition coefficient (Wildman–Crippen LogP) is 0.368. The molecular formula is C10H13N5. The van der Waals surface area contributed by atoms with Crippen molar-refractivity contribution in [2.24, 2.45) is 12.9 Å². The van der Waals surface area contributed by atoms with Crippen LogP contribution in [0.3, 0.4) is 0 Å². The smallest absolute Gasteiger partial charge is 0.0914 e. The highest BCUT2D eigenvalue weighted by molar-refractivity contribution is 5.23. The monoisotopic (exact) mass is 203 g/mol. The largest absolute Gasteiger partial charge is 0.275 e. The predicted molar refractivity (Wildman–Crippen MR) is 56.6 cm³/mol. The zero-order valence-corrected chi connectivity index (χ0v) is 8.46. The van der Waals surface area contributed by atoms with Crippen LogP contribution in [-0.4, -0.2) is 14.8 Å². The van der Waals surface area contributed by atoms with Gasteiger partial charge in [0.05, 0.1) is 11.7 Å². The molecule has 0 bridgehead atoms. The summed E-state index contributed by atoms with van der Waals surface area (Å²) in [5.41, 5.74) is 4.61. The second kappa shape index (κ2) is 4.20. The second-order valence-electron chi connectivity index (χ2n) is 3.30. The van der Waals surface area contributed by atoms with Crippen LogP contribution in [0.1, 0.15) is 17.3 Å². The van der Waals surface area contributed by atoms with Crippen LogP contribution in [0.25, 0.3) is 0 Å². The highest BCUT2D eigenvalue weighted by Gasteiger charge is 2.14. The molecule has 0 aromatic carbocycles. The highest BCUT2D eigenvalue weighted by atomic mass is 15.3. The van der Waals surface area contributed by atoms with Crippen LogP contribution in [0.15, 0.2) is 36.8 Å². The van der Waals surface area contributed by atoms with Crippen LogP contribution in [0.5, 0.6) is 0 Å². The van der Waals surface area contributed by atoms with Crippen molar-refractivity contribution >= 4 is 0 Å². The van der Waals surface area contributed by atoms with Crippen LogP contribution in [0.2, 0.25) is 0 Å². The molecule has 0 fully saturated rings. The lowest BCUT2D eigenvalue weighted by molar-refractivity contribution is 0.602. The van der Waals surface area contributed by atoms with Crippen molar-refractivity contribution in [3.05, 3.63) is 48.0 Å². The van der Waals surface area contributed by atoms with Gasteiger partial charge in [0.2, 0.25) is 0 Å². The summed E-state index contributed by atoms with van der Waals surface area (Å²) in [5.74, 6) is 5.52. The minimum atomic E-state index is -0.111. The van der Waals surface area contributed by atoms with Gasteiger partial charge in [0.15, 0.2) is 0 Å². The van der Waals surface area contributed by atoms with Crippen molar-refractivity contribution < 1.29 is 0 Å². The summed E-state index contributed by atoms with van der Waals surface area (Å²) in [4.78, 5) is 4.06. The van der Waals surface area contributed by atoms with Crippen LogP contribution >= 0.6 is 0 Å². The standard InChI is InChI=1S/C10H13N5/c1-15-6-4-9(14-15)10(13-11)8-3-2-5-12-7-8/h2-7,10,13H,11H2,1H3. The molecule has 0 saturated heterocycles. The van der Waals surface area contributed by atoms with Gasteiger partial charge in [-0.15, -0.1) is 0 Å². The number of nitrogens with zero attached hydrogens (tertiary/aromatic N) is 3. The maximum Gasteiger partial charge on any atom is 0.0914 e. The van der Waals surface area contributed by atoms with E-state index in [-0.39, 0.29) is 6.04 Å². The maximum absolute atomic E-state index is 5.52. The van der Waals surface area contributed by atoms with E-state index < -0.39 is 0 Å². The van der Waals surface area contributed by atoms with Crippen LogP contribution in [-0.2, 0) is 7.05 Å². The van der Waals surface area contributed by atoms with Crippen molar-refractivity contribution in [1.29, 1.82) is 0 Å². The van der Waals surface area contributed by atoms with Gasteiger partial charge in [-0.1, -0.05) is 6.07 Å². The molecule has 0 amide bonds. The number of aryl methyl sites for hydroxylation is 1. The minimum Gasteiger partial charge on any atom is -0.275 e. The number of nitrogens with two attached hydrogens (primary N) is 1. The number of hydrazine groups is 1. The molecule has 0 spiro atoms. The van der Waals surface area contributed by atoms with E-state index in [0.717, 1.165) is 11.3 Å². The lowest BCUT2D eigenvalue weighted by Crippen LogP contribution is -2.29. The van der Waals surface area contributed by atoms with Crippen molar-refractivity contribution in [3.63, 3.8) is 0 Å². The SMILES string of the molecule is Cn1ccc(C(NN)c2cccnc2)n1. The first-order valence-corrected chi connectivity index (χ1v) is 4.67. The summed E-state index contributed by atoms with van der Waals surface area (Å²) in [5, 5.41) is 4.30. The van der Waals surface area contributed by atoms with Gasteiger partial charge in [-0.3, -0.25) is 15.5 Å². The van der Waals surface area contributed by atoms with E-state index in [1.807, 2.05) is 31.4 Å². The lowest BCUT2D eigenvalue weighted by atomic mass is 10.1. The molecular weight excluding hydrogens is 190 g/mol. The average molecular weight is 203 g/mol. The third kappa shape index (κ3) is 2.03. The molecule has 1 unspecified atom stereocenters. The zero-order valence-electron chi connectivity index (χ0n) is 8.46. The third-order valence-electron chi connectivity index (χ3n) is 2.21. The number of pyridine rings is 1. The highest BCUT2D eigenvalue weighted by Crippen LogP contribution is 2.17. The van der Waals surface area contributed by atoms with Crippen molar-refractivity contribution in [1.82, 2.24) is 20.2 Å². The first-order chi connectivity index (χ1) is 7.31. The Hall–Kier alpha value is -1.72. The molecule has 0 saturated carbocycles. The fourth-order valence-electron chi connectivity index (χ4n) is 1.49. The summed E-state index contributed by atoms with van der Waals surface area (Å²) in [6, 6.07) is 5.66. The Balaban J connectivity index is 2.33. The topological polar surface area (TPSA) is 68.8 Å². The van der Waals surface area contributed by atoms with E-state index in [1.165, 1.54) is 0 Å². The Kier molecular flexibility index (Phi) is 2.75. The van der Waals surface area contributed by atoms with Gasteiger partial charge in [-0.2, -0.15) is 5.10 Å². The van der Waals surface area contributed by atoms with E-state index in [0.29, 0.717) is 0 Å². The zero-order chi connectivity index (χ0) is 10.7. The Morgan fingerprint density at radius 1 is 1.47 bits per heavy atom. The molecule has 2 aromatic heterocycles. The van der Waals surface area contributed by atoms with Gasteiger partial charge in [0.1, 0.15) is 0 Å². The van der Waals surface area contributed by atoms with Crippen molar-refractivity contribution in [2.75, 3.05) is 0 Å². The van der Waals surface area contributed by atoms with Gasteiger partial charge in [-0.05, 0) is 17.7 Å². The second-order valence-corrected chi connectivity index (χ2v) is 3.30. The van der Waals surface area contributed by atoms with E-state index in [2.05, 4.69) is 15.5 Å². The van der Waals surface area contributed by atoms with E-state index >= 15 is 0 Å². The molecule has 0 aliphatic heterocycles. The van der Waals surface area contributed by atoms with Gasteiger partial charge in [0, 0.05) is 25.6 Å². The Morgan fingerprint density at radius 2 is 2.33 bits per heavy atom. The quantitative estimate of drug-likeness (QED) is 0.558. The molecule has 15 heavy (non-hydrogen) atoms. The maximum atomic E-state index is 5.52. The summed E-state index contributed by atoms with van der Waals surface area (Å²) < 4.78 is 1.75. The lowest BCUT2D eigenvalue weighted by Gasteiger charge is -2.12. The number of nitrogens with one attached hydrogen (secondary N) is 1. The first kappa shape index (κ1) is 9.82. The molecule has 0 aliphatic carbocycles. The Morgan fingerprint density at radius 3 is 2.87 bits per heavy atom. The Bertz CT molecular complexity index is 422. The van der Waals surface area contributed by atoms with Crippen LogP contribution in [0, 0.1) is 0 Å². The number of hydrogen-bond donors (Lipinski definition) is 2. The number of aromatic nitrogens is 3. The van der Waals surface area contributed by atoms with Gasteiger partial charge < -0.3 is 0 Å².